The van der Waals surface area contributed by atoms with Gasteiger partial charge in [-0.05, 0) is 36.8 Å². The van der Waals surface area contributed by atoms with Crippen molar-refractivity contribution in [1.29, 1.82) is 5.26 Å². The Bertz CT molecular complexity index is 1150. The van der Waals surface area contributed by atoms with Gasteiger partial charge in [0.1, 0.15) is 16.4 Å². The molecule has 0 atom stereocenters. The number of furan rings is 1. The fourth-order valence-electron chi connectivity index (χ4n) is 2.79. The monoisotopic (exact) mass is 347 g/mol. The van der Waals surface area contributed by atoms with Crippen molar-refractivity contribution in [3.05, 3.63) is 75.3 Å². The Balaban J connectivity index is 1.85. The summed E-state index contributed by atoms with van der Waals surface area (Å²) in [4.78, 5) is 18.4. The summed E-state index contributed by atoms with van der Waals surface area (Å²) in [7, 11) is 0. The Hall–Kier alpha value is -3.17. The minimum Gasteiger partial charge on any atom is -0.464 e. The number of aromatic nitrogens is 2. The molecule has 5 nitrogen and oxygen atoms in total. The molecule has 0 aliphatic heterocycles. The van der Waals surface area contributed by atoms with Gasteiger partial charge in [-0.15, -0.1) is 11.3 Å². The van der Waals surface area contributed by atoms with E-state index in [-0.39, 0.29) is 5.56 Å². The van der Waals surface area contributed by atoms with Gasteiger partial charge in [0, 0.05) is 10.9 Å². The van der Waals surface area contributed by atoms with Crippen molar-refractivity contribution >= 4 is 21.6 Å². The SMILES string of the molecule is Cc1nc2scc(-c3ccco3)c2c(=O)n1Cc1ccc(C#N)cc1. The number of aryl methyl sites for hydroxylation is 1. The highest BCUT2D eigenvalue weighted by Gasteiger charge is 2.17. The number of thiophene rings is 1. The van der Waals surface area contributed by atoms with E-state index < -0.39 is 0 Å². The molecule has 0 amide bonds. The van der Waals surface area contributed by atoms with Gasteiger partial charge in [-0.25, -0.2) is 4.98 Å². The first-order valence-electron chi connectivity index (χ1n) is 7.69. The number of hydrogen-bond donors (Lipinski definition) is 0. The molecule has 0 spiro atoms. The van der Waals surface area contributed by atoms with E-state index in [9.17, 15) is 4.79 Å². The lowest BCUT2D eigenvalue weighted by Gasteiger charge is -2.10. The Morgan fingerprint density at radius 1 is 1.28 bits per heavy atom. The molecule has 0 saturated heterocycles. The van der Waals surface area contributed by atoms with Gasteiger partial charge in [0.05, 0.1) is 29.8 Å². The van der Waals surface area contributed by atoms with Gasteiger partial charge < -0.3 is 4.42 Å². The fourth-order valence-corrected chi connectivity index (χ4v) is 3.76. The van der Waals surface area contributed by atoms with Gasteiger partial charge in [0.2, 0.25) is 0 Å². The molecule has 4 aromatic rings. The van der Waals surface area contributed by atoms with Crippen molar-refractivity contribution in [1.82, 2.24) is 9.55 Å². The molecule has 3 aromatic heterocycles. The molecule has 0 unspecified atom stereocenters. The average molecular weight is 347 g/mol. The van der Waals surface area contributed by atoms with E-state index >= 15 is 0 Å². The van der Waals surface area contributed by atoms with Gasteiger partial charge in [-0.3, -0.25) is 9.36 Å². The van der Waals surface area contributed by atoms with Crippen LogP contribution in [0, 0.1) is 18.3 Å². The second kappa shape index (κ2) is 6.04. The van der Waals surface area contributed by atoms with E-state index in [0.29, 0.717) is 33.9 Å². The number of fused-ring (bicyclic) bond motifs is 1. The molecule has 1 aromatic carbocycles. The predicted octanol–water partition coefficient (Wildman–Crippen LogP) is 3.95. The topological polar surface area (TPSA) is 71.8 Å². The van der Waals surface area contributed by atoms with Crippen molar-refractivity contribution in [2.75, 3.05) is 0 Å². The van der Waals surface area contributed by atoms with E-state index in [0.717, 1.165) is 11.1 Å². The van der Waals surface area contributed by atoms with Crippen molar-refractivity contribution in [3.8, 4) is 17.4 Å². The van der Waals surface area contributed by atoms with Gasteiger partial charge in [0.15, 0.2) is 0 Å². The third-order valence-corrected chi connectivity index (χ3v) is 4.97. The van der Waals surface area contributed by atoms with Crippen LogP contribution in [0.3, 0.4) is 0 Å². The second-order valence-electron chi connectivity index (χ2n) is 5.67. The molecule has 0 radical (unpaired) electrons. The van der Waals surface area contributed by atoms with Crippen LogP contribution in [0.1, 0.15) is 17.0 Å². The number of hydrogen-bond acceptors (Lipinski definition) is 5. The van der Waals surface area contributed by atoms with E-state index in [4.69, 9.17) is 9.68 Å². The van der Waals surface area contributed by atoms with Crippen LogP contribution in [-0.2, 0) is 6.54 Å². The van der Waals surface area contributed by atoms with Crippen molar-refractivity contribution in [3.63, 3.8) is 0 Å². The Kier molecular flexibility index (Phi) is 3.71. The lowest BCUT2D eigenvalue weighted by molar-refractivity contribution is 0.583. The van der Waals surface area contributed by atoms with Gasteiger partial charge >= 0.3 is 0 Å². The van der Waals surface area contributed by atoms with Crippen LogP contribution < -0.4 is 5.56 Å². The molecule has 6 heteroatoms. The molecule has 0 bridgehead atoms. The Morgan fingerprint density at radius 3 is 2.76 bits per heavy atom. The zero-order valence-electron chi connectivity index (χ0n) is 13.4. The standard InChI is InChI=1S/C19H13N3O2S/c1-12-21-18-17(15(11-25-18)16-3-2-8-24-16)19(23)22(12)10-14-6-4-13(9-20)5-7-14/h2-8,11H,10H2,1H3. The molecule has 0 saturated carbocycles. The summed E-state index contributed by atoms with van der Waals surface area (Å²) in [5, 5.41) is 11.4. The zero-order valence-corrected chi connectivity index (χ0v) is 14.2. The largest absolute Gasteiger partial charge is 0.464 e. The molecule has 122 valence electrons. The maximum absolute atomic E-state index is 13.1. The third-order valence-electron chi connectivity index (χ3n) is 4.09. The average Bonchev–Trinajstić information content (AvgIpc) is 3.28. The van der Waals surface area contributed by atoms with Crippen molar-refractivity contribution in [2.45, 2.75) is 13.5 Å². The van der Waals surface area contributed by atoms with E-state index in [1.54, 1.807) is 29.0 Å². The molecule has 25 heavy (non-hydrogen) atoms. The molecule has 0 aliphatic carbocycles. The fraction of sp³-hybridized carbons (Fsp3) is 0.105. The summed E-state index contributed by atoms with van der Waals surface area (Å²) < 4.78 is 7.11. The predicted molar refractivity (Wildman–Crippen MR) is 96.6 cm³/mol. The summed E-state index contributed by atoms with van der Waals surface area (Å²) in [6.45, 7) is 2.24. The quantitative estimate of drug-likeness (QED) is 0.562. The number of rotatable bonds is 3. The summed E-state index contributed by atoms with van der Waals surface area (Å²) in [6.07, 6.45) is 1.59. The highest BCUT2D eigenvalue weighted by molar-refractivity contribution is 7.17. The summed E-state index contributed by atoms with van der Waals surface area (Å²) in [5.41, 5.74) is 2.23. The first-order chi connectivity index (χ1) is 12.2. The van der Waals surface area contributed by atoms with Gasteiger partial charge in [-0.1, -0.05) is 12.1 Å². The summed E-state index contributed by atoms with van der Waals surface area (Å²) in [5.74, 6) is 1.33. The van der Waals surface area contributed by atoms with Crippen LogP contribution in [0.15, 0.2) is 57.3 Å². The van der Waals surface area contributed by atoms with E-state index in [1.807, 2.05) is 30.5 Å². The minimum absolute atomic E-state index is 0.0838. The molecule has 0 fully saturated rings. The van der Waals surface area contributed by atoms with Crippen molar-refractivity contribution in [2.24, 2.45) is 0 Å². The maximum atomic E-state index is 13.1. The lowest BCUT2D eigenvalue weighted by Crippen LogP contribution is -2.24. The van der Waals surface area contributed by atoms with Crippen LogP contribution in [0.25, 0.3) is 21.5 Å². The van der Waals surface area contributed by atoms with Crippen LogP contribution in [0.4, 0.5) is 0 Å². The summed E-state index contributed by atoms with van der Waals surface area (Å²) >= 11 is 1.44. The highest BCUT2D eigenvalue weighted by atomic mass is 32.1. The maximum Gasteiger partial charge on any atom is 0.263 e. The van der Waals surface area contributed by atoms with E-state index in [2.05, 4.69) is 11.1 Å². The third kappa shape index (κ3) is 2.65. The van der Waals surface area contributed by atoms with E-state index in [1.165, 1.54) is 11.3 Å². The molecular weight excluding hydrogens is 334 g/mol. The minimum atomic E-state index is -0.0838. The lowest BCUT2D eigenvalue weighted by atomic mass is 10.1. The van der Waals surface area contributed by atoms with Crippen LogP contribution in [0.5, 0.6) is 0 Å². The summed E-state index contributed by atoms with van der Waals surface area (Å²) in [6, 6.07) is 12.9. The second-order valence-corrected chi connectivity index (χ2v) is 6.52. The molecule has 3 heterocycles. The van der Waals surface area contributed by atoms with Crippen LogP contribution in [-0.4, -0.2) is 9.55 Å². The van der Waals surface area contributed by atoms with Crippen molar-refractivity contribution < 1.29 is 4.42 Å². The first kappa shape index (κ1) is 15.4. The normalized spacial score (nSPS) is 10.9. The Labute approximate surface area is 147 Å². The molecule has 0 aliphatic rings. The van der Waals surface area contributed by atoms with Crippen LogP contribution in [0.2, 0.25) is 0 Å². The highest BCUT2D eigenvalue weighted by Crippen LogP contribution is 2.31. The van der Waals surface area contributed by atoms with Gasteiger partial charge in [0.25, 0.3) is 5.56 Å². The number of benzene rings is 1. The van der Waals surface area contributed by atoms with Crippen LogP contribution >= 0.6 is 11.3 Å². The molecule has 0 N–H and O–H groups in total. The van der Waals surface area contributed by atoms with Gasteiger partial charge in [-0.2, -0.15) is 5.26 Å². The first-order valence-corrected chi connectivity index (χ1v) is 8.57. The zero-order chi connectivity index (χ0) is 17.4. The molecular formula is C19H13N3O2S. The number of nitriles is 1. The Morgan fingerprint density at radius 2 is 2.08 bits per heavy atom. The number of nitrogens with zero attached hydrogens (tertiary/aromatic N) is 3. The smallest absolute Gasteiger partial charge is 0.263 e. The molecule has 4 rings (SSSR count).